The molecule has 4 heterocycles. The fourth-order valence-corrected chi connectivity index (χ4v) is 7.66. The second kappa shape index (κ2) is 18.2. The largest absolute Gasteiger partial charge is 0.360 e. The molecule has 50 heavy (non-hydrogen) atoms. The van der Waals surface area contributed by atoms with Crippen LogP contribution in [0.25, 0.3) is 22.1 Å². The maximum Gasteiger partial charge on any atom is 0.360 e. The van der Waals surface area contributed by atoms with Crippen molar-refractivity contribution >= 4 is 45.0 Å². The summed E-state index contributed by atoms with van der Waals surface area (Å²) in [6.07, 6.45) is 14.6. The lowest BCUT2D eigenvalue weighted by Gasteiger charge is -2.29. The molecule has 12 heteroatoms. The van der Waals surface area contributed by atoms with E-state index in [4.69, 9.17) is 0 Å². The van der Waals surface area contributed by atoms with Gasteiger partial charge in [-0.2, -0.15) is 0 Å². The van der Waals surface area contributed by atoms with Crippen LogP contribution in [0.2, 0.25) is 0 Å². The van der Waals surface area contributed by atoms with Gasteiger partial charge in [0.15, 0.2) is 0 Å². The molecular formula is C38H53N8O3S+. The number of amides is 1. The molecule has 0 unspecified atom stereocenters. The van der Waals surface area contributed by atoms with Crippen LogP contribution in [0.5, 0.6) is 0 Å². The molecule has 2 N–H and O–H groups in total. The molecule has 268 valence electrons. The average molecular weight is 702 g/mol. The highest BCUT2D eigenvalue weighted by Crippen LogP contribution is 2.20. The van der Waals surface area contributed by atoms with Gasteiger partial charge in [0.05, 0.1) is 31.2 Å². The van der Waals surface area contributed by atoms with Crippen molar-refractivity contribution in [2.45, 2.75) is 117 Å². The number of piperidine rings is 1. The molecule has 0 bridgehead atoms. The summed E-state index contributed by atoms with van der Waals surface area (Å²) in [4.78, 5) is 55.4. The molecule has 0 saturated carbocycles. The number of benzene rings is 1. The number of carbonyl (C=O) groups excluding carboxylic acids is 1. The van der Waals surface area contributed by atoms with Gasteiger partial charge in [0.2, 0.25) is 11.2 Å². The third kappa shape index (κ3) is 9.16. The van der Waals surface area contributed by atoms with Crippen molar-refractivity contribution in [3.05, 3.63) is 56.6 Å². The maximum absolute atomic E-state index is 14.1. The van der Waals surface area contributed by atoms with Gasteiger partial charge in [-0.3, -0.25) is 19.1 Å². The summed E-state index contributed by atoms with van der Waals surface area (Å²) in [5.41, 5.74) is 1.46. The molecule has 11 nitrogen and oxygen atoms in total. The average Bonchev–Trinajstić information content (AvgIpc) is 3.50. The van der Waals surface area contributed by atoms with Crippen molar-refractivity contribution in [2.24, 2.45) is 7.05 Å². The van der Waals surface area contributed by atoms with Crippen LogP contribution in [0.4, 0.5) is 10.7 Å². The first-order valence-corrected chi connectivity index (χ1v) is 19.4. The number of rotatable bonds is 16. The van der Waals surface area contributed by atoms with E-state index in [2.05, 4.69) is 43.9 Å². The monoisotopic (exact) mass is 701 g/mol. The normalized spacial score (nSPS) is 14.6. The zero-order chi connectivity index (χ0) is 35.5. The Kier molecular flexibility index (Phi) is 13.5. The van der Waals surface area contributed by atoms with Crippen LogP contribution in [0.3, 0.4) is 0 Å². The second-order valence-corrected chi connectivity index (χ2v) is 14.4. The van der Waals surface area contributed by atoms with Crippen LogP contribution in [-0.2, 0) is 20.1 Å². The number of aromatic nitrogens is 6. The fraction of sp³-hybridized carbons (Fsp3) is 0.579. The number of imidazole rings is 1. The fourth-order valence-electron chi connectivity index (χ4n) is 6.88. The molecule has 0 radical (unpaired) electrons. The Morgan fingerprint density at radius 3 is 2.52 bits per heavy atom. The van der Waals surface area contributed by atoms with Gasteiger partial charge < -0.3 is 5.32 Å². The molecule has 5 rings (SSSR count). The van der Waals surface area contributed by atoms with Gasteiger partial charge in [-0.25, -0.2) is 28.9 Å². The zero-order valence-electron chi connectivity index (χ0n) is 30.2. The minimum absolute atomic E-state index is 0.0191. The Bertz CT molecular complexity index is 1950. The van der Waals surface area contributed by atoms with Gasteiger partial charge in [0.1, 0.15) is 12.4 Å². The Labute approximate surface area is 299 Å². The van der Waals surface area contributed by atoms with E-state index in [1.807, 2.05) is 35.8 Å². The molecular weight excluding hydrogens is 649 g/mol. The first-order valence-electron chi connectivity index (χ1n) is 18.4. The first kappa shape index (κ1) is 37.2. The summed E-state index contributed by atoms with van der Waals surface area (Å²) >= 11 is 1.38. The molecule has 1 amide bonds. The molecule has 1 saturated heterocycles. The van der Waals surface area contributed by atoms with Crippen LogP contribution in [-0.4, -0.2) is 54.2 Å². The van der Waals surface area contributed by atoms with Gasteiger partial charge in [-0.05, 0) is 39.2 Å². The topological polar surface area (TPSA) is 122 Å². The Balaban J connectivity index is 1.26. The number of hydrogen-bond donors (Lipinski definition) is 2. The number of unbranched alkanes of at least 4 members (excludes halogenated alkanes) is 9. The lowest BCUT2D eigenvalue weighted by Crippen LogP contribution is -2.52. The predicted octanol–water partition coefficient (Wildman–Crippen LogP) is 5.97. The molecule has 1 atom stereocenters. The minimum atomic E-state index is -0.457. The first-order chi connectivity index (χ1) is 24.3. The Hall–Kier alpha value is -4.11. The van der Waals surface area contributed by atoms with Crippen molar-refractivity contribution in [1.82, 2.24) is 29.4 Å². The number of aryl methyl sites for hydroxylation is 2. The predicted molar refractivity (Wildman–Crippen MR) is 203 cm³/mol. The number of carbonyl (C=O) groups is 1. The van der Waals surface area contributed by atoms with Crippen LogP contribution in [0.1, 0.15) is 102 Å². The van der Waals surface area contributed by atoms with E-state index < -0.39 is 11.2 Å². The number of aromatic amines is 1. The lowest BCUT2D eigenvalue weighted by molar-refractivity contribution is -0.646. The molecule has 1 aliphatic rings. The summed E-state index contributed by atoms with van der Waals surface area (Å²) in [6, 6.07) is 7.68. The van der Waals surface area contributed by atoms with E-state index >= 15 is 0 Å². The van der Waals surface area contributed by atoms with E-state index in [9.17, 15) is 14.4 Å². The number of H-pyrrole nitrogens is 1. The molecule has 0 spiro atoms. The third-order valence-corrected chi connectivity index (χ3v) is 10.5. The molecule has 3 aromatic heterocycles. The summed E-state index contributed by atoms with van der Waals surface area (Å²) in [5, 5.41) is 4.18. The maximum atomic E-state index is 14.1. The summed E-state index contributed by atoms with van der Waals surface area (Å²) in [6.45, 7) is 7.47. The molecule has 1 fully saturated rings. The molecule has 1 aliphatic heterocycles. The zero-order valence-corrected chi connectivity index (χ0v) is 31.0. The number of anilines is 1. The highest BCUT2D eigenvalue weighted by Gasteiger charge is 2.33. The Morgan fingerprint density at radius 2 is 1.78 bits per heavy atom. The van der Waals surface area contributed by atoms with E-state index in [1.165, 1.54) is 78.7 Å². The van der Waals surface area contributed by atoms with Crippen LogP contribution < -0.4 is 26.0 Å². The van der Waals surface area contributed by atoms with E-state index in [0.717, 1.165) is 48.2 Å². The second-order valence-electron chi connectivity index (χ2n) is 13.4. The van der Waals surface area contributed by atoms with Crippen molar-refractivity contribution in [2.75, 3.05) is 23.7 Å². The summed E-state index contributed by atoms with van der Waals surface area (Å²) in [7, 11) is 1.66. The summed E-state index contributed by atoms with van der Waals surface area (Å²) < 4.78 is 4.53. The number of nitrogens with zero attached hydrogens (tertiary/aromatic N) is 6. The van der Waals surface area contributed by atoms with Gasteiger partial charge in [-0.1, -0.05) is 101 Å². The highest BCUT2D eigenvalue weighted by atomic mass is 32.2. The van der Waals surface area contributed by atoms with Crippen LogP contribution in [0.15, 0.2) is 33.9 Å². The van der Waals surface area contributed by atoms with Gasteiger partial charge >= 0.3 is 11.6 Å². The number of fused-ring (bicyclic) bond motifs is 2. The van der Waals surface area contributed by atoms with Crippen molar-refractivity contribution < 1.29 is 9.36 Å². The number of thioether (sulfide) groups is 1. The van der Waals surface area contributed by atoms with E-state index in [0.29, 0.717) is 29.5 Å². The van der Waals surface area contributed by atoms with Gasteiger partial charge in [0, 0.05) is 23.9 Å². The Morgan fingerprint density at radius 1 is 1.06 bits per heavy atom. The van der Waals surface area contributed by atoms with Gasteiger partial charge in [-0.15, -0.1) is 5.92 Å². The van der Waals surface area contributed by atoms with Gasteiger partial charge in [0.25, 0.3) is 10.8 Å². The highest BCUT2D eigenvalue weighted by molar-refractivity contribution is 8.13. The SMILES string of the molecule is CC#CC[n+]1c(N2CCC[C@@H](NC(=O)SCCCCCCCCCCCC)C2)[nH]c2c1c(=O)n(Cc1nc(C)c3ccccc3n1)c(=O)n2C. The van der Waals surface area contributed by atoms with E-state index in [1.54, 1.807) is 14.0 Å². The third-order valence-electron chi connectivity index (χ3n) is 9.61. The smallest absolute Gasteiger partial charge is 0.341 e. The standard InChI is InChI=1S/C38H52N8O3S/c1-5-7-9-10-11-12-13-14-15-18-25-50-37(48)40-29-20-19-23-44(26-29)36-42-34-33(45(36)24-8-6-2)35(47)46(38(49)43(34)4)27-32-39-28(3)30-21-16-17-22-31(30)41-32/h16-17,21-22,29H,5,7,9-15,18-20,23-27H2,1-4H3,(H,40,48)/p+1/t29-/m1/s1. The number of nitrogens with one attached hydrogen (secondary N) is 2. The van der Waals surface area contributed by atoms with Crippen LogP contribution >= 0.6 is 11.8 Å². The number of hydrogen-bond acceptors (Lipinski definition) is 7. The summed E-state index contributed by atoms with van der Waals surface area (Å²) in [5.74, 6) is 7.99. The minimum Gasteiger partial charge on any atom is -0.341 e. The van der Waals surface area contributed by atoms with E-state index in [-0.39, 0.29) is 24.4 Å². The van der Waals surface area contributed by atoms with Crippen molar-refractivity contribution in [3.8, 4) is 11.8 Å². The van der Waals surface area contributed by atoms with Crippen molar-refractivity contribution in [3.63, 3.8) is 0 Å². The lowest BCUT2D eigenvalue weighted by atomic mass is 10.1. The number of para-hydroxylation sites is 1. The quantitative estimate of drug-likeness (QED) is 0.0839. The van der Waals surface area contributed by atoms with Crippen LogP contribution in [0, 0.1) is 18.8 Å². The molecule has 0 aliphatic carbocycles. The molecule has 1 aromatic carbocycles. The molecule has 4 aromatic rings. The van der Waals surface area contributed by atoms with Crippen molar-refractivity contribution in [1.29, 1.82) is 0 Å².